The van der Waals surface area contributed by atoms with E-state index in [0.29, 0.717) is 23.5 Å². The number of hydrogen-bond donors (Lipinski definition) is 0. The first kappa shape index (κ1) is 17.5. The van der Waals surface area contributed by atoms with Gasteiger partial charge in [-0.3, -0.25) is 0 Å². The average molecular weight is 328 g/mol. The number of benzene rings is 2. The van der Waals surface area contributed by atoms with Crippen LogP contribution < -0.4 is 9.47 Å². The highest BCUT2D eigenvalue weighted by Crippen LogP contribution is 2.18. The SMILES string of the molecule is CCCOc1ccc(C(=O)Oc2cccc(C(=O)OCC)c2)cc1. The van der Waals surface area contributed by atoms with Crippen LogP contribution in [0, 0.1) is 0 Å². The molecule has 0 aliphatic carbocycles. The molecule has 24 heavy (non-hydrogen) atoms. The van der Waals surface area contributed by atoms with E-state index in [9.17, 15) is 9.59 Å². The van der Waals surface area contributed by atoms with Gasteiger partial charge in [0.25, 0.3) is 0 Å². The zero-order valence-electron chi connectivity index (χ0n) is 13.8. The van der Waals surface area contributed by atoms with Gasteiger partial charge in [0.15, 0.2) is 0 Å². The fraction of sp³-hybridized carbons (Fsp3) is 0.263. The first-order valence-corrected chi connectivity index (χ1v) is 7.86. The van der Waals surface area contributed by atoms with Crippen molar-refractivity contribution >= 4 is 11.9 Å². The Balaban J connectivity index is 2.04. The molecular formula is C19H20O5. The van der Waals surface area contributed by atoms with Gasteiger partial charge in [0, 0.05) is 0 Å². The summed E-state index contributed by atoms with van der Waals surface area (Å²) in [5, 5.41) is 0. The van der Waals surface area contributed by atoms with Crippen molar-refractivity contribution in [3.05, 3.63) is 59.7 Å². The summed E-state index contributed by atoms with van der Waals surface area (Å²) in [6, 6.07) is 13.1. The van der Waals surface area contributed by atoms with Crippen molar-refractivity contribution < 1.29 is 23.8 Å². The molecule has 0 N–H and O–H groups in total. The Morgan fingerprint density at radius 3 is 2.29 bits per heavy atom. The summed E-state index contributed by atoms with van der Waals surface area (Å²) in [6.45, 7) is 4.67. The molecule has 0 aromatic heterocycles. The van der Waals surface area contributed by atoms with Crippen molar-refractivity contribution in [2.45, 2.75) is 20.3 Å². The summed E-state index contributed by atoms with van der Waals surface area (Å²) >= 11 is 0. The molecule has 0 saturated heterocycles. The van der Waals surface area contributed by atoms with E-state index >= 15 is 0 Å². The molecule has 2 aromatic rings. The second-order valence-electron chi connectivity index (χ2n) is 5.01. The number of carbonyl (C=O) groups is 2. The molecule has 0 aliphatic rings. The fourth-order valence-electron chi connectivity index (χ4n) is 1.97. The van der Waals surface area contributed by atoms with Gasteiger partial charge in [-0.15, -0.1) is 0 Å². The molecule has 0 amide bonds. The maximum atomic E-state index is 12.2. The Labute approximate surface area is 141 Å². The van der Waals surface area contributed by atoms with Crippen molar-refractivity contribution in [1.82, 2.24) is 0 Å². The third-order valence-corrected chi connectivity index (χ3v) is 3.12. The van der Waals surface area contributed by atoms with Crippen LogP contribution in [0.1, 0.15) is 41.0 Å². The highest BCUT2D eigenvalue weighted by Gasteiger charge is 2.12. The minimum atomic E-state index is -0.502. The fourth-order valence-corrected chi connectivity index (χ4v) is 1.97. The van der Waals surface area contributed by atoms with Gasteiger partial charge >= 0.3 is 11.9 Å². The minimum absolute atomic E-state index is 0.287. The molecule has 0 heterocycles. The Morgan fingerprint density at radius 2 is 1.62 bits per heavy atom. The van der Waals surface area contributed by atoms with Crippen LogP contribution in [0.2, 0.25) is 0 Å². The largest absolute Gasteiger partial charge is 0.494 e. The van der Waals surface area contributed by atoms with Crippen LogP contribution in [-0.2, 0) is 4.74 Å². The summed E-state index contributed by atoms with van der Waals surface area (Å²) in [7, 11) is 0. The first-order valence-electron chi connectivity index (χ1n) is 7.86. The monoisotopic (exact) mass is 328 g/mol. The van der Waals surface area contributed by atoms with E-state index in [4.69, 9.17) is 14.2 Å². The van der Waals surface area contributed by atoms with Crippen LogP contribution in [0.5, 0.6) is 11.5 Å². The van der Waals surface area contributed by atoms with Crippen molar-refractivity contribution in [2.75, 3.05) is 13.2 Å². The van der Waals surface area contributed by atoms with Gasteiger partial charge in [0.05, 0.1) is 24.3 Å². The minimum Gasteiger partial charge on any atom is -0.494 e. The van der Waals surface area contributed by atoms with E-state index in [0.717, 1.165) is 6.42 Å². The van der Waals surface area contributed by atoms with Crippen LogP contribution in [0.3, 0.4) is 0 Å². The Morgan fingerprint density at radius 1 is 0.875 bits per heavy atom. The number of esters is 2. The van der Waals surface area contributed by atoms with E-state index in [1.165, 1.54) is 6.07 Å². The lowest BCUT2D eigenvalue weighted by Gasteiger charge is -2.08. The van der Waals surface area contributed by atoms with E-state index in [2.05, 4.69) is 0 Å². The predicted octanol–water partition coefficient (Wildman–Crippen LogP) is 3.87. The number of hydrogen-bond acceptors (Lipinski definition) is 5. The van der Waals surface area contributed by atoms with Crippen molar-refractivity contribution in [2.24, 2.45) is 0 Å². The standard InChI is InChI=1S/C19H20O5/c1-3-12-23-16-10-8-14(9-11-16)19(21)24-17-7-5-6-15(13-17)18(20)22-4-2/h5-11,13H,3-4,12H2,1-2H3. The van der Waals surface area contributed by atoms with Gasteiger partial charge in [-0.05, 0) is 55.8 Å². The van der Waals surface area contributed by atoms with Crippen LogP contribution in [0.15, 0.2) is 48.5 Å². The molecule has 0 bridgehead atoms. The van der Waals surface area contributed by atoms with Crippen LogP contribution >= 0.6 is 0 Å². The maximum absolute atomic E-state index is 12.2. The zero-order valence-corrected chi connectivity index (χ0v) is 13.8. The normalized spacial score (nSPS) is 10.1. The van der Waals surface area contributed by atoms with Gasteiger partial charge in [0.1, 0.15) is 11.5 Å². The van der Waals surface area contributed by atoms with Gasteiger partial charge in [-0.1, -0.05) is 13.0 Å². The Bertz CT molecular complexity index is 691. The van der Waals surface area contributed by atoms with E-state index < -0.39 is 11.9 Å². The van der Waals surface area contributed by atoms with Crippen molar-refractivity contribution in [3.63, 3.8) is 0 Å². The molecule has 0 saturated carbocycles. The van der Waals surface area contributed by atoms with Crippen molar-refractivity contribution in [3.8, 4) is 11.5 Å². The smallest absolute Gasteiger partial charge is 0.343 e. The third kappa shape index (κ3) is 4.84. The molecule has 0 atom stereocenters. The quantitative estimate of drug-likeness (QED) is 0.570. The number of ether oxygens (including phenoxy) is 3. The second kappa shape index (κ2) is 8.72. The lowest BCUT2D eigenvalue weighted by atomic mass is 10.2. The van der Waals surface area contributed by atoms with Gasteiger partial charge in [-0.2, -0.15) is 0 Å². The molecule has 0 aliphatic heterocycles. The molecule has 126 valence electrons. The first-order chi connectivity index (χ1) is 11.6. The summed E-state index contributed by atoms with van der Waals surface area (Å²) in [5.74, 6) is 0.0421. The van der Waals surface area contributed by atoms with Crippen LogP contribution in [0.25, 0.3) is 0 Å². The second-order valence-corrected chi connectivity index (χ2v) is 5.01. The maximum Gasteiger partial charge on any atom is 0.343 e. The van der Waals surface area contributed by atoms with E-state index in [1.807, 2.05) is 6.92 Å². The molecule has 0 radical (unpaired) electrons. The summed E-state index contributed by atoms with van der Waals surface area (Å²) < 4.78 is 15.7. The lowest BCUT2D eigenvalue weighted by molar-refractivity contribution is 0.0524. The highest BCUT2D eigenvalue weighted by molar-refractivity contribution is 5.92. The molecule has 0 unspecified atom stereocenters. The van der Waals surface area contributed by atoms with Gasteiger partial charge < -0.3 is 14.2 Å². The Hall–Kier alpha value is -2.82. The summed E-state index contributed by atoms with van der Waals surface area (Å²) in [6.07, 6.45) is 0.917. The molecule has 5 heteroatoms. The number of rotatable bonds is 7. The van der Waals surface area contributed by atoms with Gasteiger partial charge in [-0.25, -0.2) is 9.59 Å². The van der Waals surface area contributed by atoms with Crippen LogP contribution in [-0.4, -0.2) is 25.2 Å². The highest BCUT2D eigenvalue weighted by atomic mass is 16.5. The van der Waals surface area contributed by atoms with Crippen molar-refractivity contribution in [1.29, 1.82) is 0 Å². The lowest BCUT2D eigenvalue weighted by Crippen LogP contribution is -2.10. The van der Waals surface area contributed by atoms with Gasteiger partial charge in [0.2, 0.25) is 0 Å². The van der Waals surface area contributed by atoms with E-state index in [-0.39, 0.29) is 12.4 Å². The molecule has 2 rings (SSSR count). The third-order valence-electron chi connectivity index (χ3n) is 3.12. The summed E-state index contributed by atoms with van der Waals surface area (Å²) in [4.78, 5) is 23.9. The molecule has 2 aromatic carbocycles. The van der Waals surface area contributed by atoms with Crippen LogP contribution in [0.4, 0.5) is 0 Å². The topological polar surface area (TPSA) is 61.8 Å². The molecule has 5 nitrogen and oxygen atoms in total. The molecule has 0 fully saturated rings. The molecule has 0 spiro atoms. The predicted molar refractivity (Wildman–Crippen MR) is 89.6 cm³/mol. The Kier molecular flexibility index (Phi) is 6.37. The summed E-state index contributed by atoms with van der Waals surface area (Å²) in [5.41, 5.74) is 0.742. The molecular weight excluding hydrogens is 308 g/mol. The number of carbonyl (C=O) groups excluding carboxylic acids is 2. The van der Waals surface area contributed by atoms with E-state index in [1.54, 1.807) is 49.4 Å². The zero-order chi connectivity index (χ0) is 17.4. The average Bonchev–Trinajstić information content (AvgIpc) is 2.61.